The van der Waals surface area contributed by atoms with Gasteiger partial charge in [0.15, 0.2) is 0 Å². The molecule has 0 amide bonds. The first-order chi connectivity index (χ1) is 13.2. The van der Waals surface area contributed by atoms with Gasteiger partial charge in [-0.05, 0) is 56.5 Å². The number of aryl methyl sites for hydroxylation is 2. The Morgan fingerprint density at radius 1 is 1.14 bits per heavy atom. The summed E-state index contributed by atoms with van der Waals surface area (Å²) in [6.45, 7) is 5.83. The Morgan fingerprint density at radius 2 is 1.79 bits per heavy atom. The van der Waals surface area contributed by atoms with E-state index in [-0.39, 0.29) is 19.4 Å². The highest BCUT2D eigenvalue weighted by molar-refractivity contribution is 6.34. The zero-order valence-corrected chi connectivity index (χ0v) is 17.9. The Hall–Kier alpha value is -2.05. The van der Waals surface area contributed by atoms with Crippen LogP contribution < -0.4 is 0 Å². The van der Waals surface area contributed by atoms with Crippen LogP contribution >= 0.6 is 23.2 Å². The number of carbonyl (C=O) groups is 2. The van der Waals surface area contributed by atoms with Crippen LogP contribution in [-0.2, 0) is 32.5 Å². The molecule has 8 heteroatoms. The maximum atomic E-state index is 12.5. The van der Waals surface area contributed by atoms with Crippen LogP contribution in [0, 0.1) is 13.8 Å². The lowest BCUT2D eigenvalue weighted by Gasteiger charge is -2.18. The fourth-order valence-electron chi connectivity index (χ4n) is 2.98. The molecular weight excluding hydrogens is 403 g/mol. The van der Waals surface area contributed by atoms with Crippen LogP contribution in [0.25, 0.3) is 0 Å². The zero-order valence-electron chi connectivity index (χ0n) is 16.4. The number of aromatic nitrogens is 2. The second-order valence-electron chi connectivity index (χ2n) is 6.46. The van der Waals surface area contributed by atoms with Gasteiger partial charge in [0.1, 0.15) is 6.10 Å². The van der Waals surface area contributed by atoms with Crippen molar-refractivity contribution >= 4 is 35.1 Å². The van der Waals surface area contributed by atoms with Gasteiger partial charge in [0.05, 0.1) is 18.7 Å². The maximum Gasteiger partial charge on any atom is 0.309 e. The van der Waals surface area contributed by atoms with Gasteiger partial charge in [0.2, 0.25) is 0 Å². The van der Waals surface area contributed by atoms with E-state index in [1.165, 1.54) is 0 Å². The minimum atomic E-state index is -0.821. The average molecular weight is 427 g/mol. The lowest BCUT2D eigenvalue weighted by atomic mass is 10.1. The molecule has 28 heavy (non-hydrogen) atoms. The lowest BCUT2D eigenvalue weighted by Crippen LogP contribution is -2.17. The number of hydrogen-bond donors (Lipinski definition) is 0. The quantitative estimate of drug-likeness (QED) is 0.580. The lowest BCUT2D eigenvalue weighted by molar-refractivity contribution is -0.155. The summed E-state index contributed by atoms with van der Waals surface area (Å²) < 4.78 is 12.4. The van der Waals surface area contributed by atoms with Crippen molar-refractivity contribution in [3.63, 3.8) is 0 Å². The van der Waals surface area contributed by atoms with Gasteiger partial charge in [0.25, 0.3) is 0 Å². The molecule has 152 valence electrons. The Bertz CT molecular complexity index is 844. The first-order valence-corrected chi connectivity index (χ1v) is 9.77. The van der Waals surface area contributed by atoms with Crippen molar-refractivity contribution in [2.24, 2.45) is 7.05 Å². The van der Waals surface area contributed by atoms with Gasteiger partial charge in [-0.15, -0.1) is 0 Å². The van der Waals surface area contributed by atoms with E-state index in [1.54, 1.807) is 29.8 Å². The molecule has 0 N–H and O–H groups in total. The molecule has 0 unspecified atom stereocenters. The molecule has 2 rings (SSSR count). The van der Waals surface area contributed by atoms with Gasteiger partial charge in [-0.2, -0.15) is 5.10 Å². The average Bonchev–Trinajstić information content (AvgIpc) is 2.84. The standard InChI is InChI=1S/C20H24Cl2N2O4/c1-5-27-20(26)11-18(14-8-15(21)10-16(22)9-14)28-19(25)7-6-17-12(2)23-24(4)13(17)3/h8-10,18H,5-7,11H2,1-4H3/t18-/m1/s1. The van der Waals surface area contributed by atoms with Crippen LogP contribution in [0.3, 0.4) is 0 Å². The van der Waals surface area contributed by atoms with Crippen molar-refractivity contribution in [3.8, 4) is 0 Å². The van der Waals surface area contributed by atoms with Crippen LogP contribution in [0.1, 0.15) is 48.4 Å². The SMILES string of the molecule is CCOC(=O)C[C@@H](OC(=O)CCc1c(C)nn(C)c1C)c1cc(Cl)cc(Cl)c1. The monoisotopic (exact) mass is 426 g/mol. The molecule has 0 saturated carbocycles. The van der Waals surface area contributed by atoms with E-state index >= 15 is 0 Å². The van der Waals surface area contributed by atoms with Crippen molar-refractivity contribution in [3.05, 3.63) is 50.8 Å². The van der Waals surface area contributed by atoms with Gasteiger partial charge in [-0.25, -0.2) is 0 Å². The fourth-order valence-corrected chi connectivity index (χ4v) is 3.53. The number of benzene rings is 1. The number of hydrogen-bond acceptors (Lipinski definition) is 5. The van der Waals surface area contributed by atoms with Crippen LogP contribution in [0.4, 0.5) is 0 Å². The summed E-state index contributed by atoms with van der Waals surface area (Å²) in [5.41, 5.74) is 3.47. The van der Waals surface area contributed by atoms with Crippen LogP contribution in [0.5, 0.6) is 0 Å². The molecule has 0 radical (unpaired) electrons. The van der Waals surface area contributed by atoms with Crippen LogP contribution in [-0.4, -0.2) is 28.3 Å². The first-order valence-electron chi connectivity index (χ1n) is 9.01. The highest BCUT2D eigenvalue weighted by Gasteiger charge is 2.23. The van der Waals surface area contributed by atoms with E-state index in [4.69, 9.17) is 32.7 Å². The van der Waals surface area contributed by atoms with Crippen LogP contribution in [0.2, 0.25) is 10.0 Å². The molecule has 0 bridgehead atoms. The zero-order chi connectivity index (χ0) is 20.8. The normalized spacial score (nSPS) is 11.9. The fraction of sp³-hybridized carbons (Fsp3) is 0.450. The third-order valence-corrected chi connectivity index (χ3v) is 4.86. The molecule has 0 spiro atoms. The second-order valence-corrected chi connectivity index (χ2v) is 7.34. The third kappa shape index (κ3) is 5.97. The maximum absolute atomic E-state index is 12.5. The number of halogens is 2. The predicted octanol–water partition coefficient (Wildman–Crippen LogP) is 4.51. The summed E-state index contributed by atoms with van der Waals surface area (Å²) in [5, 5.41) is 5.14. The van der Waals surface area contributed by atoms with Gasteiger partial charge >= 0.3 is 11.9 Å². The minimum absolute atomic E-state index is 0.110. The van der Waals surface area contributed by atoms with Gasteiger partial charge in [-0.1, -0.05) is 23.2 Å². The largest absolute Gasteiger partial charge is 0.466 e. The molecule has 2 aromatic rings. The topological polar surface area (TPSA) is 70.4 Å². The molecule has 1 heterocycles. The molecule has 1 aromatic carbocycles. The minimum Gasteiger partial charge on any atom is -0.466 e. The highest BCUT2D eigenvalue weighted by Crippen LogP contribution is 2.29. The summed E-state index contributed by atoms with van der Waals surface area (Å²) in [6.07, 6.45) is -0.256. The molecule has 0 aliphatic rings. The molecule has 0 aliphatic heterocycles. The van der Waals surface area contributed by atoms with E-state index < -0.39 is 18.0 Å². The first kappa shape index (κ1) is 22.2. The summed E-state index contributed by atoms with van der Waals surface area (Å²) in [6, 6.07) is 4.82. The Kier molecular flexibility index (Phi) is 7.89. The van der Waals surface area contributed by atoms with Crippen molar-refractivity contribution in [2.45, 2.75) is 46.1 Å². The summed E-state index contributed by atoms with van der Waals surface area (Å²) in [7, 11) is 1.86. The number of nitrogens with zero attached hydrogens (tertiary/aromatic N) is 2. The molecular formula is C20H24Cl2N2O4. The summed E-state index contributed by atoms with van der Waals surface area (Å²) >= 11 is 12.1. The molecule has 6 nitrogen and oxygen atoms in total. The molecule has 1 aromatic heterocycles. The summed E-state index contributed by atoms with van der Waals surface area (Å²) in [4.78, 5) is 24.4. The Morgan fingerprint density at radius 3 is 2.32 bits per heavy atom. The third-order valence-electron chi connectivity index (χ3n) is 4.43. The highest BCUT2D eigenvalue weighted by atomic mass is 35.5. The molecule has 1 atom stereocenters. The molecule has 0 saturated heterocycles. The van der Waals surface area contributed by atoms with E-state index in [2.05, 4.69) is 5.10 Å². The van der Waals surface area contributed by atoms with Gasteiger partial charge in [-0.3, -0.25) is 14.3 Å². The second kappa shape index (κ2) is 9.94. The number of ether oxygens (including phenoxy) is 2. The Balaban J connectivity index is 2.12. The van der Waals surface area contributed by atoms with Gasteiger partial charge in [0, 0.05) is 29.2 Å². The molecule has 0 aliphatic carbocycles. The summed E-state index contributed by atoms with van der Waals surface area (Å²) in [5.74, 6) is -0.886. The van der Waals surface area contributed by atoms with Crippen molar-refractivity contribution < 1.29 is 19.1 Å². The van der Waals surface area contributed by atoms with Crippen molar-refractivity contribution in [1.82, 2.24) is 9.78 Å². The van der Waals surface area contributed by atoms with Crippen LogP contribution in [0.15, 0.2) is 18.2 Å². The van der Waals surface area contributed by atoms with Crippen molar-refractivity contribution in [1.29, 1.82) is 0 Å². The number of carbonyl (C=O) groups excluding carboxylic acids is 2. The van der Waals surface area contributed by atoms with Gasteiger partial charge < -0.3 is 9.47 Å². The van der Waals surface area contributed by atoms with E-state index in [0.717, 1.165) is 17.0 Å². The molecule has 0 fully saturated rings. The van der Waals surface area contributed by atoms with Crippen molar-refractivity contribution in [2.75, 3.05) is 6.61 Å². The predicted molar refractivity (Wildman–Crippen MR) is 108 cm³/mol. The van der Waals surface area contributed by atoms with E-state index in [9.17, 15) is 9.59 Å². The van der Waals surface area contributed by atoms with E-state index in [0.29, 0.717) is 22.0 Å². The Labute approximate surface area is 174 Å². The number of rotatable bonds is 8. The van der Waals surface area contributed by atoms with E-state index in [1.807, 2.05) is 20.9 Å². The smallest absolute Gasteiger partial charge is 0.309 e. The number of esters is 2.